The van der Waals surface area contributed by atoms with E-state index < -0.39 is 28.7 Å². The van der Waals surface area contributed by atoms with Crippen molar-refractivity contribution in [2.75, 3.05) is 0 Å². The summed E-state index contributed by atoms with van der Waals surface area (Å²) in [5, 5.41) is 16.7. The van der Waals surface area contributed by atoms with E-state index >= 15 is 0 Å². The molecule has 7 nitrogen and oxygen atoms in total. The van der Waals surface area contributed by atoms with Gasteiger partial charge in [-0.05, 0) is 42.3 Å². The maximum atomic E-state index is 13.2. The number of carboxylic acids is 1. The Bertz CT molecular complexity index is 925. The molecule has 2 atom stereocenters. The Balaban J connectivity index is 1.69. The number of aliphatic carboxylic acids is 1. The Kier molecular flexibility index (Phi) is 8.31. The number of pyridine rings is 1. The van der Waals surface area contributed by atoms with Crippen molar-refractivity contribution in [1.82, 2.24) is 15.6 Å². The van der Waals surface area contributed by atoms with E-state index in [2.05, 4.69) is 28.2 Å². The number of carbonyl (C=O) groups is 3. The van der Waals surface area contributed by atoms with Crippen molar-refractivity contribution in [2.24, 2.45) is 0 Å². The normalized spacial score (nSPS) is 16.8. The Labute approximate surface area is 197 Å². The lowest BCUT2D eigenvalue weighted by molar-refractivity contribution is -0.143. The summed E-state index contributed by atoms with van der Waals surface area (Å²) in [6, 6.07) is 6.47. The molecular formula is C23H29N3O4S2. The number of thiophene rings is 1. The van der Waals surface area contributed by atoms with Crippen LogP contribution in [0.4, 0.5) is 0 Å². The van der Waals surface area contributed by atoms with Gasteiger partial charge >= 0.3 is 5.97 Å². The number of nitrogens with one attached hydrogen (secondary N) is 2. The van der Waals surface area contributed by atoms with Crippen LogP contribution < -0.4 is 10.6 Å². The molecule has 2 heterocycles. The van der Waals surface area contributed by atoms with E-state index in [9.17, 15) is 19.5 Å². The topological polar surface area (TPSA) is 108 Å². The first-order chi connectivity index (χ1) is 15.3. The third kappa shape index (κ3) is 5.89. The summed E-state index contributed by atoms with van der Waals surface area (Å²) >= 11 is 5.92. The predicted octanol–water partition coefficient (Wildman–Crippen LogP) is 3.45. The van der Waals surface area contributed by atoms with Crippen LogP contribution in [-0.4, -0.2) is 44.7 Å². The molecule has 2 amide bonds. The van der Waals surface area contributed by atoms with E-state index in [0.29, 0.717) is 24.8 Å². The second kappa shape index (κ2) is 11.0. The average molecular weight is 476 g/mol. The van der Waals surface area contributed by atoms with E-state index in [0.717, 1.165) is 29.8 Å². The molecule has 1 aliphatic rings. The molecule has 0 bridgehead atoms. The maximum Gasteiger partial charge on any atom is 0.326 e. The molecule has 1 aliphatic carbocycles. The van der Waals surface area contributed by atoms with Gasteiger partial charge in [-0.1, -0.05) is 38.3 Å². The molecule has 0 spiro atoms. The maximum absolute atomic E-state index is 13.2. The summed E-state index contributed by atoms with van der Waals surface area (Å²) in [5.41, 5.74) is 0.447. The molecule has 9 heteroatoms. The lowest BCUT2D eigenvalue weighted by Crippen LogP contribution is -2.61. The molecule has 0 radical (unpaired) electrons. The summed E-state index contributed by atoms with van der Waals surface area (Å²) in [5.74, 6) is -1.86. The Morgan fingerprint density at radius 3 is 2.56 bits per heavy atom. The molecule has 2 aromatic rings. The van der Waals surface area contributed by atoms with Crippen molar-refractivity contribution < 1.29 is 19.5 Å². The molecule has 0 aliphatic heterocycles. The number of amides is 2. The zero-order chi connectivity index (χ0) is 23.1. The number of aromatic nitrogens is 1. The molecule has 0 aromatic carbocycles. The molecule has 32 heavy (non-hydrogen) atoms. The lowest BCUT2D eigenvalue weighted by atomic mass is 9.94. The molecule has 0 saturated heterocycles. The van der Waals surface area contributed by atoms with Gasteiger partial charge in [0.05, 0.1) is 15.8 Å². The molecule has 1 fully saturated rings. The van der Waals surface area contributed by atoms with Gasteiger partial charge in [0.25, 0.3) is 0 Å². The fourth-order valence-electron chi connectivity index (χ4n) is 3.96. The zero-order valence-electron chi connectivity index (χ0n) is 18.0. The van der Waals surface area contributed by atoms with Crippen LogP contribution in [0, 0.1) is 0 Å². The van der Waals surface area contributed by atoms with Gasteiger partial charge in [-0.15, -0.1) is 11.3 Å². The summed E-state index contributed by atoms with van der Waals surface area (Å²) < 4.78 is 0. The SMILES string of the molecule is CCC[C@H](S)C(=O)NC1(C(=O)N[C@@H](Cc2ccc(-c3cccs3)nc2)C(=O)O)CCCC1. The van der Waals surface area contributed by atoms with Gasteiger partial charge in [0.1, 0.15) is 11.6 Å². The van der Waals surface area contributed by atoms with E-state index in [-0.39, 0.29) is 12.3 Å². The highest BCUT2D eigenvalue weighted by Crippen LogP contribution is 2.31. The van der Waals surface area contributed by atoms with Crippen molar-refractivity contribution in [3.63, 3.8) is 0 Å². The van der Waals surface area contributed by atoms with Crippen LogP contribution in [0.3, 0.4) is 0 Å². The Morgan fingerprint density at radius 1 is 1.25 bits per heavy atom. The highest BCUT2D eigenvalue weighted by Gasteiger charge is 2.44. The second-order valence-corrected chi connectivity index (χ2v) is 9.75. The van der Waals surface area contributed by atoms with Gasteiger partial charge < -0.3 is 15.7 Å². The van der Waals surface area contributed by atoms with Gasteiger partial charge in [0, 0.05) is 12.6 Å². The Hall–Kier alpha value is -2.39. The quantitative estimate of drug-likeness (QED) is 0.394. The fraction of sp³-hybridized carbons (Fsp3) is 0.478. The molecular weight excluding hydrogens is 446 g/mol. The highest BCUT2D eigenvalue weighted by molar-refractivity contribution is 7.81. The van der Waals surface area contributed by atoms with Crippen LogP contribution in [0.25, 0.3) is 10.6 Å². The van der Waals surface area contributed by atoms with Gasteiger partial charge in [-0.3, -0.25) is 14.6 Å². The lowest BCUT2D eigenvalue weighted by Gasteiger charge is -2.31. The summed E-state index contributed by atoms with van der Waals surface area (Å²) in [4.78, 5) is 43.1. The standard InChI is InChI=1S/C23H29N3O4S2/c1-2-6-18(31)20(27)26-23(10-3-4-11-23)22(30)25-17(21(28)29)13-15-8-9-16(24-14-15)19-7-5-12-32-19/h5,7-9,12,14,17-18,31H,2-4,6,10-11,13H2,1H3,(H,25,30)(H,26,27)(H,28,29)/t17-,18-/m0/s1. The number of carbonyl (C=O) groups excluding carboxylic acids is 2. The predicted molar refractivity (Wildman–Crippen MR) is 128 cm³/mol. The molecule has 3 N–H and O–H groups in total. The molecule has 172 valence electrons. The second-order valence-electron chi connectivity index (χ2n) is 8.18. The van der Waals surface area contributed by atoms with Gasteiger partial charge in [0.2, 0.25) is 11.8 Å². The molecule has 2 aromatic heterocycles. The monoisotopic (exact) mass is 475 g/mol. The van der Waals surface area contributed by atoms with Crippen molar-refractivity contribution in [1.29, 1.82) is 0 Å². The van der Waals surface area contributed by atoms with Gasteiger partial charge in [-0.25, -0.2) is 4.79 Å². The molecule has 3 rings (SSSR count). The summed E-state index contributed by atoms with van der Waals surface area (Å²) in [7, 11) is 0. The Morgan fingerprint density at radius 2 is 2.00 bits per heavy atom. The zero-order valence-corrected chi connectivity index (χ0v) is 19.8. The van der Waals surface area contributed by atoms with Crippen LogP contribution in [-0.2, 0) is 20.8 Å². The van der Waals surface area contributed by atoms with Crippen molar-refractivity contribution in [3.05, 3.63) is 41.4 Å². The number of nitrogens with zero attached hydrogens (tertiary/aromatic N) is 1. The molecule has 1 saturated carbocycles. The van der Waals surface area contributed by atoms with Gasteiger partial charge in [-0.2, -0.15) is 12.6 Å². The minimum absolute atomic E-state index is 0.105. The number of rotatable bonds is 10. The third-order valence-electron chi connectivity index (χ3n) is 5.76. The summed E-state index contributed by atoms with van der Waals surface area (Å²) in [6.45, 7) is 1.97. The first-order valence-electron chi connectivity index (χ1n) is 10.9. The van der Waals surface area contributed by atoms with Crippen LogP contribution in [0.5, 0.6) is 0 Å². The largest absolute Gasteiger partial charge is 0.480 e. The van der Waals surface area contributed by atoms with Crippen LogP contribution in [0.15, 0.2) is 35.8 Å². The van der Waals surface area contributed by atoms with Crippen molar-refractivity contribution in [3.8, 4) is 10.6 Å². The number of hydrogen-bond donors (Lipinski definition) is 4. The van der Waals surface area contributed by atoms with E-state index in [1.807, 2.05) is 36.6 Å². The average Bonchev–Trinajstić information content (AvgIpc) is 3.47. The highest BCUT2D eigenvalue weighted by atomic mass is 32.1. The minimum atomic E-state index is -1.13. The van der Waals surface area contributed by atoms with Crippen LogP contribution >= 0.6 is 24.0 Å². The fourth-order valence-corrected chi connectivity index (χ4v) is 4.98. The minimum Gasteiger partial charge on any atom is -0.480 e. The first kappa shape index (κ1) is 24.3. The van der Waals surface area contributed by atoms with Crippen molar-refractivity contribution >= 4 is 41.7 Å². The van der Waals surface area contributed by atoms with Crippen LogP contribution in [0.2, 0.25) is 0 Å². The van der Waals surface area contributed by atoms with Gasteiger partial charge in [0.15, 0.2) is 0 Å². The van der Waals surface area contributed by atoms with E-state index in [1.54, 1.807) is 17.5 Å². The van der Waals surface area contributed by atoms with E-state index in [4.69, 9.17) is 0 Å². The number of carboxylic acid groups (broad SMARTS) is 1. The molecule has 0 unspecified atom stereocenters. The number of thiol groups is 1. The van der Waals surface area contributed by atoms with Crippen molar-refractivity contribution in [2.45, 2.75) is 68.7 Å². The summed E-state index contributed by atoms with van der Waals surface area (Å²) in [6.07, 6.45) is 5.73. The first-order valence-corrected chi connectivity index (χ1v) is 12.3. The van der Waals surface area contributed by atoms with Crippen LogP contribution in [0.1, 0.15) is 51.0 Å². The number of hydrogen-bond acceptors (Lipinski definition) is 6. The third-order valence-corrected chi connectivity index (χ3v) is 7.15. The van der Waals surface area contributed by atoms with E-state index in [1.165, 1.54) is 0 Å². The smallest absolute Gasteiger partial charge is 0.326 e.